The standard InChI is InChI=1S/C19H24N2/c1-2-6-16(7-3-1)14-18(19-8-4-5-11-21-19)15-17-9-12-20-13-10-17/h4-5,8-13,16,18H,1-3,6-7,14-15H2. The van der Waals surface area contributed by atoms with Gasteiger partial charge in [0.2, 0.25) is 0 Å². The highest BCUT2D eigenvalue weighted by atomic mass is 14.7. The van der Waals surface area contributed by atoms with Gasteiger partial charge in [-0.2, -0.15) is 0 Å². The van der Waals surface area contributed by atoms with Crippen molar-refractivity contribution < 1.29 is 0 Å². The molecule has 2 aromatic heterocycles. The predicted octanol–water partition coefficient (Wildman–Crippen LogP) is 4.77. The molecule has 0 aromatic carbocycles. The highest BCUT2D eigenvalue weighted by Crippen LogP contribution is 2.34. The summed E-state index contributed by atoms with van der Waals surface area (Å²) in [4.78, 5) is 8.75. The van der Waals surface area contributed by atoms with Crippen LogP contribution < -0.4 is 0 Å². The molecule has 3 rings (SSSR count). The molecule has 0 N–H and O–H groups in total. The largest absolute Gasteiger partial charge is 0.265 e. The normalized spacial score (nSPS) is 17.5. The topological polar surface area (TPSA) is 25.8 Å². The molecule has 0 amide bonds. The van der Waals surface area contributed by atoms with Crippen LogP contribution in [0.4, 0.5) is 0 Å². The molecular weight excluding hydrogens is 256 g/mol. The second-order valence-electron chi connectivity index (χ2n) is 6.25. The van der Waals surface area contributed by atoms with Gasteiger partial charge < -0.3 is 0 Å². The Balaban J connectivity index is 1.74. The van der Waals surface area contributed by atoms with Gasteiger partial charge in [0.1, 0.15) is 0 Å². The molecule has 2 nitrogen and oxygen atoms in total. The zero-order valence-corrected chi connectivity index (χ0v) is 12.6. The Morgan fingerprint density at radius 2 is 1.76 bits per heavy atom. The van der Waals surface area contributed by atoms with Gasteiger partial charge >= 0.3 is 0 Å². The Morgan fingerprint density at radius 1 is 0.952 bits per heavy atom. The first-order valence-electron chi connectivity index (χ1n) is 8.21. The summed E-state index contributed by atoms with van der Waals surface area (Å²) in [5.74, 6) is 1.42. The average Bonchev–Trinajstić information content (AvgIpc) is 2.57. The summed E-state index contributed by atoms with van der Waals surface area (Å²) in [6, 6.07) is 10.6. The molecule has 1 unspecified atom stereocenters. The fraction of sp³-hybridized carbons (Fsp3) is 0.474. The van der Waals surface area contributed by atoms with Gasteiger partial charge in [0.25, 0.3) is 0 Å². The lowest BCUT2D eigenvalue weighted by molar-refractivity contribution is 0.314. The van der Waals surface area contributed by atoms with Gasteiger partial charge in [0, 0.05) is 30.2 Å². The molecule has 21 heavy (non-hydrogen) atoms. The minimum absolute atomic E-state index is 0.539. The van der Waals surface area contributed by atoms with Crippen molar-refractivity contribution in [1.82, 2.24) is 9.97 Å². The van der Waals surface area contributed by atoms with Gasteiger partial charge in [0.15, 0.2) is 0 Å². The maximum Gasteiger partial charge on any atom is 0.0437 e. The van der Waals surface area contributed by atoms with Gasteiger partial charge in [-0.25, -0.2) is 0 Å². The van der Waals surface area contributed by atoms with Crippen molar-refractivity contribution in [3.8, 4) is 0 Å². The van der Waals surface area contributed by atoms with Crippen molar-refractivity contribution in [1.29, 1.82) is 0 Å². The summed E-state index contributed by atoms with van der Waals surface area (Å²) in [7, 11) is 0. The lowest BCUT2D eigenvalue weighted by Gasteiger charge is -2.26. The maximum absolute atomic E-state index is 4.63. The van der Waals surface area contributed by atoms with Crippen LogP contribution in [0.1, 0.15) is 55.7 Å². The number of nitrogens with zero attached hydrogens (tertiary/aromatic N) is 2. The zero-order valence-electron chi connectivity index (χ0n) is 12.6. The van der Waals surface area contributed by atoms with Crippen LogP contribution >= 0.6 is 0 Å². The summed E-state index contributed by atoms with van der Waals surface area (Å²) in [6.07, 6.45) is 15.1. The monoisotopic (exact) mass is 280 g/mol. The van der Waals surface area contributed by atoms with Crippen molar-refractivity contribution in [3.63, 3.8) is 0 Å². The SMILES string of the molecule is c1ccc(C(Cc2ccncc2)CC2CCCCC2)nc1. The van der Waals surface area contributed by atoms with Gasteiger partial charge in [-0.15, -0.1) is 0 Å². The van der Waals surface area contributed by atoms with Gasteiger partial charge in [-0.05, 0) is 48.6 Å². The molecule has 0 spiro atoms. The maximum atomic E-state index is 4.63. The third kappa shape index (κ3) is 4.13. The zero-order chi connectivity index (χ0) is 14.3. The van der Waals surface area contributed by atoms with Crippen LogP contribution in [0.15, 0.2) is 48.9 Å². The first-order chi connectivity index (χ1) is 10.4. The van der Waals surface area contributed by atoms with E-state index >= 15 is 0 Å². The van der Waals surface area contributed by atoms with E-state index in [-0.39, 0.29) is 0 Å². The third-order valence-electron chi connectivity index (χ3n) is 4.68. The van der Waals surface area contributed by atoms with E-state index in [0.29, 0.717) is 5.92 Å². The highest BCUT2D eigenvalue weighted by Gasteiger charge is 2.21. The lowest BCUT2D eigenvalue weighted by Crippen LogP contribution is -2.14. The fourth-order valence-corrected chi connectivity index (χ4v) is 3.55. The van der Waals surface area contributed by atoms with Gasteiger partial charge in [-0.3, -0.25) is 9.97 Å². The van der Waals surface area contributed by atoms with Crippen LogP contribution in [-0.4, -0.2) is 9.97 Å². The van der Waals surface area contributed by atoms with E-state index < -0.39 is 0 Å². The molecule has 0 aliphatic heterocycles. The molecule has 0 bridgehead atoms. The van der Waals surface area contributed by atoms with Gasteiger partial charge in [0.05, 0.1) is 0 Å². The highest BCUT2D eigenvalue weighted by molar-refractivity contribution is 5.17. The van der Waals surface area contributed by atoms with E-state index in [9.17, 15) is 0 Å². The Hall–Kier alpha value is -1.70. The molecule has 1 aliphatic rings. The number of hydrogen-bond acceptors (Lipinski definition) is 2. The molecule has 1 saturated carbocycles. The number of aromatic nitrogens is 2. The number of pyridine rings is 2. The van der Waals surface area contributed by atoms with Crippen molar-refractivity contribution in [2.45, 2.75) is 50.9 Å². The first kappa shape index (κ1) is 14.2. The molecule has 2 aromatic rings. The molecule has 0 radical (unpaired) electrons. The second kappa shape index (κ2) is 7.35. The molecule has 1 fully saturated rings. The number of rotatable bonds is 5. The van der Waals surface area contributed by atoms with Crippen molar-refractivity contribution >= 4 is 0 Å². The van der Waals surface area contributed by atoms with E-state index in [1.807, 2.05) is 24.7 Å². The molecule has 1 aliphatic carbocycles. The summed E-state index contributed by atoms with van der Waals surface area (Å²) in [6.45, 7) is 0. The van der Waals surface area contributed by atoms with Crippen molar-refractivity contribution in [2.75, 3.05) is 0 Å². The van der Waals surface area contributed by atoms with Gasteiger partial charge in [-0.1, -0.05) is 38.2 Å². The van der Waals surface area contributed by atoms with Crippen LogP contribution in [0, 0.1) is 5.92 Å². The van der Waals surface area contributed by atoms with Crippen LogP contribution in [0.25, 0.3) is 0 Å². The van der Waals surface area contributed by atoms with Crippen LogP contribution in [0.2, 0.25) is 0 Å². The summed E-state index contributed by atoms with van der Waals surface area (Å²) < 4.78 is 0. The summed E-state index contributed by atoms with van der Waals surface area (Å²) in [5, 5.41) is 0. The lowest BCUT2D eigenvalue weighted by atomic mass is 9.80. The van der Waals surface area contributed by atoms with E-state index in [4.69, 9.17) is 0 Å². The summed E-state index contributed by atoms with van der Waals surface area (Å²) >= 11 is 0. The minimum Gasteiger partial charge on any atom is -0.265 e. The summed E-state index contributed by atoms with van der Waals surface area (Å²) in [5.41, 5.74) is 2.62. The van der Waals surface area contributed by atoms with E-state index in [1.54, 1.807) is 0 Å². The molecule has 1 atom stereocenters. The first-order valence-corrected chi connectivity index (χ1v) is 8.21. The third-order valence-corrected chi connectivity index (χ3v) is 4.68. The van der Waals surface area contributed by atoms with Crippen LogP contribution in [0.5, 0.6) is 0 Å². The Morgan fingerprint density at radius 3 is 2.48 bits per heavy atom. The van der Waals surface area contributed by atoms with Crippen molar-refractivity contribution in [2.24, 2.45) is 5.92 Å². The molecule has 0 saturated heterocycles. The van der Waals surface area contributed by atoms with Crippen LogP contribution in [0.3, 0.4) is 0 Å². The Labute approximate surface area is 127 Å². The predicted molar refractivity (Wildman–Crippen MR) is 86.1 cm³/mol. The van der Waals surface area contributed by atoms with Crippen LogP contribution in [-0.2, 0) is 6.42 Å². The van der Waals surface area contributed by atoms with Crippen molar-refractivity contribution in [3.05, 3.63) is 60.2 Å². The molecule has 2 heteroatoms. The average molecular weight is 280 g/mol. The molecule has 110 valence electrons. The number of hydrogen-bond donors (Lipinski definition) is 0. The Kier molecular flexibility index (Phi) is 4.99. The Bertz CT molecular complexity index is 518. The fourth-order valence-electron chi connectivity index (χ4n) is 3.55. The molecular formula is C19H24N2. The smallest absolute Gasteiger partial charge is 0.0437 e. The van der Waals surface area contributed by atoms with E-state index in [2.05, 4.69) is 34.2 Å². The molecule has 2 heterocycles. The second-order valence-corrected chi connectivity index (χ2v) is 6.25. The quantitative estimate of drug-likeness (QED) is 0.788. The van der Waals surface area contributed by atoms with E-state index in [0.717, 1.165) is 12.3 Å². The minimum atomic E-state index is 0.539. The van der Waals surface area contributed by atoms with E-state index in [1.165, 1.54) is 49.8 Å².